The van der Waals surface area contributed by atoms with Gasteiger partial charge in [-0.3, -0.25) is 18.9 Å². The van der Waals surface area contributed by atoms with E-state index in [0.29, 0.717) is 10.6 Å². The number of ketones is 1. The molecule has 4 rings (SSSR count). The van der Waals surface area contributed by atoms with Gasteiger partial charge in [-0.2, -0.15) is 0 Å². The number of nitrogens with one attached hydrogen (secondary N) is 1. The molecule has 0 amide bonds. The predicted molar refractivity (Wildman–Crippen MR) is 153 cm³/mol. The van der Waals surface area contributed by atoms with Gasteiger partial charge in [0.25, 0.3) is 0 Å². The second-order valence-corrected chi connectivity index (χ2v) is 12.1. The summed E-state index contributed by atoms with van der Waals surface area (Å²) in [5, 5.41) is 0.761. The number of benzene rings is 2. The van der Waals surface area contributed by atoms with E-state index in [4.69, 9.17) is 16.3 Å². The first kappa shape index (κ1) is 30.1. The van der Waals surface area contributed by atoms with Gasteiger partial charge in [0.15, 0.2) is 12.0 Å². The molecule has 12 heteroatoms. The molecule has 0 radical (unpaired) electrons. The number of pyridine rings is 1. The third-order valence-electron chi connectivity index (χ3n) is 6.30. The van der Waals surface area contributed by atoms with E-state index in [-0.39, 0.29) is 28.8 Å². The van der Waals surface area contributed by atoms with Crippen molar-refractivity contribution in [2.75, 3.05) is 10.5 Å². The van der Waals surface area contributed by atoms with Crippen molar-refractivity contribution in [3.63, 3.8) is 0 Å². The molecule has 2 aromatic heterocycles. The first-order valence-electron chi connectivity index (χ1n) is 12.8. The van der Waals surface area contributed by atoms with Crippen molar-refractivity contribution in [2.24, 2.45) is 5.92 Å². The molecule has 0 aliphatic rings. The van der Waals surface area contributed by atoms with Gasteiger partial charge in [0.05, 0.1) is 28.5 Å². The highest BCUT2D eigenvalue weighted by Crippen LogP contribution is 2.33. The Balaban J connectivity index is 1.89. The van der Waals surface area contributed by atoms with Crippen LogP contribution in [0.1, 0.15) is 56.3 Å². The van der Waals surface area contributed by atoms with Crippen molar-refractivity contribution in [3.05, 3.63) is 82.6 Å². The van der Waals surface area contributed by atoms with Crippen LogP contribution in [0, 0.1) is 17.6 Å². The Morgan fingerprint density at radius 3 is 2.39 bits per heavy atom. The first-order chi connectivity index (χ1) is 19.3. The monoisotopic (exact) mass is 603 g/mol. The Kier molecular flexibility index (Phi) is 8.79. The number of anilines is 1. The van der Waals surface area contributed by atoms with Crippen molar-refractivity contribution in [3.8, 4) is 11.1 Å². The van der Waals surface area contributed by atoms with Crippen LogP contribution >= 0.6 is 11.6 Å². The molecule has 0 fully saturated rings. The molecule has 0 aliphatic heterocycles. The average molecular weight is 604 g/mol. The van der Waals surface area contributed by atoms with Gasteiger partial charge in [0.1, 0.15) is 11.5 Å². The predicted octanol–water partition coefficient (Wildman–Crippen LogP) is 6.74. The maximum absolute atomic E-state index is 15.6. The molecular formula is C29H28ClF2N3O5S. The lowest BCUT2D eigenvalue weighted by Gasteiger charge is -2.17. The second-order valence-electron chi connectivity index (χ2n) is 9.78. The van der Waals surface area contributed by atoms with E-state index in [2.05, 4.69) is 9.71 Å². The second kappa shape index (κ2) is 12.0. The number of rotatable bonds is 10. The SMILES string of the molecule is CCCS(=O)(=O)Nc1ccc(F)c(C(=O)c2cn(C(C)OC(=O)C(C)C)c3ncc(-c4ccc(Cl)cc4)cc23)c1F. The minimum absolute atomic E-state index is 0.123. The third-order valence-corrected chi connectivity index (χ3v) is 8.03. The zero-order valence-corrected chi connectivity index (χ0v) is 24.3. The molecule has 2 aromatic carbocycles. The number of carbonyl (C=O) groups is 2. The fraction of sp³-hybridized carbons (Fsp3) is 0.276. The quantitative estimate of drug-likeness (QED) is 0.159. The Morgan fingerprint density at radius 2 is 1.76 bits per heavy atom. The molecule has 1 atom stereocenters. The molecule has 0 bridgehead atoms. The van der Waals surface area contributed by atoms with Crippen molar-refractivity contribution in [2.45, 2.75) is 40.3 Å². The molecular weight excluding hydrogens is 576 g/mol. The molecule has 8 nitrogen and oxygen atoms in total. The van der Waals surface area contributed by atoms with E-state index in [1.807, 2.05) is 0 Å². The van der Waals surface area contributed by atoms with Gasteiger partial charge in [0.2, 0.25) is 15.8 Å². The molecule has 41 heavy (non-hydrogen) atoms. The largest absolute Gasteiger partial charge is 0.441 e. The van der Waals surface area contributed by atoms with Gasteiger partial charge in [-0.05, 0) is 49.2 Å². The molecule has 1 N–H and O–H groups in total. The molecule has 216 valence electrons. The first-order valence-corrected chi connectivity index (χ1v) is 14.9. The van der Waals surface area contributed by atoms with Crippen LogP contribution in [0.4, 0.5) is 14.5 Å². The van der Waals surface area contributed by atoms with E-state index in [1.54, 1.807) is 64.2 Å². The van der Waals surface area contributed by atoms with Gasteiger partial charge < -0.3 is 4.74 Å². The summed E-state index contributed by atoms with van der Waals surface area (Å²) in [7, 11) is -3.92. The van der Waals surface area contributed by atoms with E-state index in [0.717, 1.165) is 17.7 Å². The highest BCUT2D eigenvalue weighted by molar-refractivity contribution is 7.92. The van der Waals surface area contributed by atoms with E-state index >= 15 is 8.78 Å². The highest BCUT2D eigenvalue weighted by atomic mass is 35.5. The fourth-order valence-electron chi connectivity index (χ4n) is 4.21. The number of nitrogens with zero attached hydrogens (tertiary/aromatic N) is 2. The number of halogens is 3. The zero-order valence-electron chi connectivity index (χ0n) is 22.7. The summed E-state index contributed by atoms with van der Waals surface area (Å²) >= 11 is 6.01. The van der Waals surface area contributed by atoms with Gasteiger partial charge in [-0.1, -0.05) is 44.5 Å². The smallest absolute Gasteiger partial charge is 0.310 e. The van der Waals surface area contributed by atoms with E-state index in [9.17, 15) is 18.0 Å². The third kappa shape index (κ3) is 6.41. The molecule has 1 unspecified atom stereocenters. The summed E-state index contributed by atoms with van der Waals surface area (Å²) in [6.45, 7) is 6.55. The summed E-state index contributed by atoms with van der Waals surface area (Å²) in [5.41, 5.74) is -0.0674. The Morgan fingerprint density at radius 1 is 1.07 bits per heavy atom. The van der Waals surface area contributed by atoms with Crippen LogP contribution in [0.5, 0.6) is 0 Å². The maximum Gasteiger partial charge on any atom is 0.310 e. The molecule has 0 aliphatic carbocycles. The minimum Gasteiger partial charge on any atom is -0.441 e. The topological polar surface area (TPSA) is 107 Å². The minimum atomic E-state index is -3.92. The van der Waals surface area contributed by atoms with Crippen LogP contribution in [0.2, 0.25) is 5.02 Å². The number of ether oxygens (including phenoxy) is 1. The lowest BCUT2D eigenvalue weighted by Crippen LogP contribution is -2.19. The zero-order chi connectivity index (χ0) is 30.1. The molecule has 2 heterocycles. The normalized spacial score (nSPS) is 12.5. The summed E-state index contributed by atoms with van der Waals surface area (Å²) in [4.78, 5) is 30.6. The van der Waals surface area contributed by atoms with Gasteiger partial charge >= 0.3 is 5.97 Å². The molecule has 0 saturated heterocycles. The highest BCUT2D eigenvalue weighted by Gasteiger charge is 2.28. The number of hydrogen-bond donors (Lipinski definition) is 1. The molecule has 0 saturated carbocycles. The lowest BCUT2D eigenvalue weighted by atomic mass is 10.00. The number of sulfonamides is 1. The van der Waals surface area contributed by atoms with E-state index < -0.39 is 56.8 Å². The maximum atomic E-state index is 15.6. The van der Waals surface area contributed by atoms with Crippen LogP contribution in [0.15, 0.2) is 54.9 Å². The van der Waals surface area contributed by atoms with Crippen molar-refractivity contribution in [1.82, 2.24) is 9.55 Å². The molecule has 0 spiro atoms. The summed E-state index contributed by atoms with van der Waals surface area (Å²) in [6, 6.07) is 10.2. The number of carbonyl (C=O) groups excluding carboxylic acids is 2. The van der Waals surface area contributed by atoms with Crippen molar-refractivity contribution in [1.29, 1.82) is 0 Å². The van der Waals surface area contributed by atoms with E-state index in [1.165, 1.54) is 10.8 Å². The Hall–Kier alpha value is -3.83. The van der Waals surface area contributed by atoms with Crippen LogP contribution in [0.25, 0.3) is 22.2 Å². The Bertz CT molecular complexity index is 1740. The van der Waals surface area contributed by atoms with Crippen LogP contribution in [-0.2, 0) is 19.6 Å². The lowest BCUT2D eigenvalue weighted by molar-refractivity contribution is -0.156. The fourth-order valence-corrected chi connectivity index (χ4v) is 5.47. The average Bonchev–Trinajstić information content (AvgIpc) is 3.29. The number of hydrogen-bond acceptors (Lipinski definition) is 6. The van der Waals surface area contributed by atoms with Gasteiger partial charge in [-0.15, -0.1) is 0 Å². The van der Waals surface area contributed by atoms with Crippen molar-refractivity contribution >= 4 is 50.1 Å². The number of esters is 1. The van der Waals surface area contributed by atoms with Crippen LogP contribution in [-0.4, -0.2) is 35.5 Å². The summed E-state index contributed by atoms with van der Waals surface area (Å²) in [5.74, 6) is -4.77. The van der Waals surface area contributed by atoms with Crippen molar-refractivity contribution < 1.29 is 31.5 Å². The summed E-state index contributed by atoms with van der Waals surface area (Å²) in [6.07, 6.45) is 2.23. The number of fused-ring (bicyclic) bond motifs is 1. The van der Waals surface area contributed by atoms with Gasteiger partial charge in [-0.25, -0.2) is 22.2 Å². The number of aromatic nitrogens is 2. The summed E-state index contributed by atoms with van der Waals surface area (Å²) < 4.78 is 64.1. The standard InChI is InChI=1S/C29H28ClF2N3O5S/c1-5-12-41(38,39)34-24-11-10-23(31)25(26(24)32)27(36)22-15-35(17(4)40-29(37)16(2)3)28-21(22)13-19(14-33-28)18-6-8-20(30)9-7-18/h6-11,13-17,34H,5,12H2,1-4H3. The van der Waals surface area contributed by atoms with Crippen LogP contribution in [0.3, 0.4) is 0 Å². The van der Waals surface area contributed by atoms with Crippen LogP contribution < -0.4 is 4.72 Å². The Labute approximate surface area is 241 Å². The van der Waals surface area contributed by atoms with Gasteiger partial charge in [0, 0.05) is 28.4 Å². The molecule has 4 aromatic rings.